The largest absolute Gasteiger partial charge is 0.373 e. The van der Waals surface area contributed by atoms with Crippen molar-refractivity contribution in [3.63, 3.8) is 0 Å². The van der Waals surface area contributed by atoms with Gasteiger partial charge < -0.3 is 15.1 Å². The van der Waals surface area contributed by atoms with Gasteiger partial charge in [-0.25, -0.2) is 9.97 Å². The van der Waals surface area contributed by atoms with E-state index in [0.29, 0.717) is 13.1 Å². The number of rotatable bonds is 3. The summed E-state index contributed by atoms with van der Waals surface area (Å²) >= 11 is 0. The normalized spacial score (nSPS) is 21.5. The van der Waals surface area contributed by atoms with Crippen molar-refractivity contribution in [3.05, 3.63) is 17.6 Å². The van der Waals surface area contributed by atoms with E-state index in [4.69, 9.17) is 0 Å². The monoisotopic (exact) mass is 345 g/mol. The van der Waals surface area contributed by atoms with E-state index in [2.05, 4.69) is 15.3 Å². The van der Waals surface area contributed by atoms with Crippen LogP contribution < -0.4 is 5.32 Å². The van der Waals surface area contributed by atoms with Crippen LogP contribution in [0, 0.1) is 12.8 Å². The highest BCUT2D eigenvalue weighted by molar-refractivity contribution is 5.80. The van der Waals surface area contributed by atoms with Crippen molar-refractivity contribution >= 4 is 17.6 Å². The fourth-order valence-electron chi connectivity index (χ4n) is 3.90. The molecule has 1 aromatic rings. The van der Waals surface area contributed by atoms with Crippen molar-refractivity contribution in [2.24, 2.45) is 5.92 Å². The summed E-state index contributed by atoms with van der Waals surface area (Å²) < 4.78 is 0. The lowest BCUT2D eigenvalue weighted by Gasteiger charge is -2.34. The minimum absolute atomic E-state index is 0.0166. The fraction of sp³-hybridized carbons (Fsp3) is 0.667. The van der Waals surface area contributed by atoms with Gasteiger partial charge in [-0.1, -0.05) is 0 Å². The average Bonchev–Trinajstić information content (AvgIpc) is 3.10. The molecular weight excluding hydrogens is 318 g/mol. The molecule has 7 nitrogen and oxygen atoms in total. The number of hydrogen-bond acceptors (Lipinski definition) is 5. The Labute approximate surface area is 148 Å². The minimum Gasteiger partial charge on any atom is -0.373 e. The van der Waals surface area contributed by atoms with Gasteiger partial charge in [0.15, 0.2) is 0 Å². The number of carbonyl (C=O) groups excluding carboxylic acids is 2. The summed E-state index contributed by atoms with van der Waals surface area (Å²) in [7, 11) is 1.84. The third kappa shape index (κ3) is 3.75. The van der Waals surface area contributed by atoms with Crippen LogP contribution in [0.15, 0.2) is 6.07 Å². The zero-order valence-electron chi connectivity index (χ0n) is 15.3. The molecule has 1 aromatic heterocycles. The minimum atomic E-state index is 0.0166. The lowest BCUT2D eigenvalue weighted by molar-refractivity contribution is -0.140. The van der Waals surface area contributed by atoms with Crippen molar-refractivity contribution < 1.29 is 9.59 Å². The van der Waals surface area contributed by atoms with Crippen LogP contribution in [0.3, 0.4) is 0 Å². The Hall–Kier alpha value is -2.18. The highest BCUT2D eigenvalue weighted by atomic mass is 16.2. The van der Waals surface area contributed by atoms with Gasteiger partial charge in [-0.05, 0) is 32.6 Å². The molecule has 1 N–H and O–H groups in total. The third-order valence-electron chi connectivity index (χ3n) is 5.28. The molecule has 0 bridgehead atoms. The first-order chi connectivity index (χ1) is 12.0. The Bertz CT molecular complexity index is 655. The predicted octanol–water partition coefficient (Wildman–Crippen LogP) is 1.75. The van der Waals surface area contributed by atoms with Gasteiger partial charge in [0.25, 0.3) is 0 Å². The summed E-state index contributed by atoms with van der Waals surface area (Å²) in [5.74, 6) is 1.84. The van der Waals surface area contributed by atoms with Gasteiger partial charge in [-0.2, -0.15) is 0 Å². The van der Waals surface area contributed by atoms with Gasteiger partial charge >= 0.3 is 0 Å². The number of nitrogens with one attached hydrogen (secondary N) is 1. The Morgan fingerprint density at radius 2 is 1.88 bits per heavy atom. The van der Waals surface area contributed by atoms with Gasteiger partial charge in [0, 0.05) is 45.6 Å². The molecule has 136 valence electrons. The maximum atomic E-state index is 13.1. The summed E-state index contributed by atoms with van der Waals surface area (Å²) in [5.41, 5.74) is 0.920. The fourth-order valence-corrected chi connectivity index (χ4v) is 3.90. The highest BCUT2D eigenvalue weighted by Gasteiger charge is 2.36. The molecule has 2 aliphatic rings. The number of anilines is 1. The van der Waals surface area contributed by atoms with Crippen LogP contribution in [0.5, 0.6) is 0 Å². The molecule has 7 heteroatoms. The summed E-state index contributed by atoms with van der Waals surface area (Å²) in [4.78, 5) is 37.3. The number of carbonyl (C=O) groups is 2. The molecule has 2 amide bonds. The molecule has 3 rings (SSSR count). The van der Waals surface area contributed by atoms with E-state index in [1.54, 1.807) is 6.92 Å². The second-order valence-electron chi connectivity index (χ2n) is 6.95. The van der Waals surface area contributed by atoms with Crippen LogP contribution in [-0.4, -0.2) is 58.3 Å². The number of hydrogen-bond donors (Lipinski definition) is 1. The Kier molecular flexibility index (Phi) is 5.20. The van der Waals surface area contributed by atoms with E-state index < -0.39 is 0 Å². The number of amides is 2. The molecule has 2 saturated heterocycles. The van der Waals surface area contributed by atoms with Gasteiger partial charge in [0.05, 0.1) is 11.7 Å². The first kappa shape index (κ1) is 17.6. The quantitative estimate of drug-likeness (QED) is 0.903. The van der Waals surface area contributed by atoms with E-state index >= 15 is 0 Å². The second-order valence-corrected chi connectivity index (χ2v) is 6.95. The van der Waals surface area contributed by atoms with Gasteiger partial charge in [-0.3, -0.25) is 9.59 Å². The first-order valence-electron chi connectivity index (χ1n) is 9.09. The van der Waals surface area contributed by atoms with Crippen LogP contribution in [-0.2, 0) is 9.59 Å². The molecule has 0 spiro atoms. The number of aromatic nitrogens is 2. The Morgan fingerprint density at radius 1 is 1.16 bits per heavy atom. The molecule has 0 aromatic carbocycles. The zero-order chi connectivity index (χ0) is 18.0. The van der Waals surface area contributed by atoms with E-state index in [9.17, 15) is 9.59 Å². The molecule has 0 saturated carbocycles. The molecule has 3 heterocycles. The van der Waals surface area contributed by atoms with Gasteiger partial charge in [-0.15, -0.1) is 0 Å². The van der Waals surface area contributed by atoms with E-state index in [1.807, 2.05) is 29.8 Å². The predicted molar refractivity (Wildman–Crippen MR) is 95.0 cm³/mol. The second kappa shape index (κ2) is 7.37. The standard InChI is InChI=1S/C18H27N5O2/c1-12-20-15(11-17(19-3)21-12)16-5-4-8-23(16)18(25)14-6-9-22(10-7-14)13(2)24/h11,14,16H,4-10H2,1-3H3,(H,19,20,21)/t16-/m1/s1. The van der Waals surface area contributed by atoms with Crippen molar-refractivity contribution in [1.82, 2.24) is 19.8 Å². The van der Waals surface area contributed by atoms with Gasteiger partial charge in [0.1, 0.15) is 11.6 Å². The number of likely N-dealkylation sites (tertiary alicyclic amines) is 2. The van der Waals surface area contributed by atoms with Crippen LogP contribution in [0.4, 0.5) is 5.82 Å². The van der Waals surface area contributed by atoms with Crippen LogP contribution in [0.1, 0.15) is 50.2 Å². The maximum absolute atomic E-state index is 13.1. The Balaban J connectivity index is 1.72. The highest BCUT2D eigenvalue weighted by Crippen LogP contribution is 2.34. The lowest BCUT2D eigenvalue weighted by atomic mass is 9.94. The molecule has 2 fully saturated rings. The van der Waals surface area contributed by atoms with Gasteiger partial charge in [0.2, 0.25) is 11.8 Å². The number of nitrogens with zero attached hydrogens (tertiary/aromatic N) is 4. The smallest absolute Gasteiger partial charge is 0.226 e. The SMILES string of the molecule is CNc1cc([C@H]2CCCN2C(=O)C2CCN(C(C)=O)CC2)nc(C)n1. The summed E-state index contributed by atoms with van der Waals surface area (Å²) in [6.45, 7) is 5.62. The van der Waals surface area contributed by atoms with Crippen LogP contribution in [0.25, 0.3) is 0 Å². The number of aryl methyl sites for hydroxylation is 1. The molecule has 0 unspecified atom stereocenters. The summed E-state index contributed by atoms with van der Waals surface area (Å²) in [6, 6.07) is 1.98. The summed E-state index contributed by atoms with van der Waals surface area (Å²) in [5, 5.41) is 3.06. The number of piperidine rings is 1. The molecule has 0 aliphatic carbocycles. The lowest BCUT2D eigenvalue weighted by Crippen LogP contribution is -2.43. The van der Waals surface area contributed by atoms with E-state index in [-0.39, 0.29) is 23.8 Å². The third-order valence-corrected chi connectivity index (χ3v) is 5.28. The van der Waals surface area contributed by atoms with Crippen molar-refractivity contribution in [2.45, 2.75) is 45.6 Å². The van der Waals surface area contributed by atoms with Crippen LogP contribution in [0.2, 0.25) is 0 Å². The molecule has 0 radical (unpaired) electrons. The molecular formula is C18H27N5O2. The summed E-state index contributed by atoms with van der Waals surface area (Å²) in [6.07, 6.45) is 3.46. The van der Waals surface area contributed by atoms with Crippen molar-refractivity contribution in [1.29, 1.82) is 0 Å². The van der Waals surface area contributed by atoms with E-state index in [1.165, 1.54) is 0 Å². The van der Waals surface area contributed by atoms with Crippen LogP contribution >= 0.6 is 0 Å². The topological polar surface area (TPSA) is 78.4 Å². The zero-order valence-corrected chi connectivity index (χ0v) is 15.3. The van der Waals surface area contributed by atoms with Crippen molar-refractivity contribution in [2.75, 3.05) is 32.0 Å². The average molecular weight is 345 g/mol. The molecule has 1 atom stereocenters. The molecule has 2 aliphatic heterocycles. The Morgan fingerprint density at radius 3 is 2.52 bits per heavy atom. The van der Waals surface area contributed by atoms with Crippen molar-refractivity contribution in [3.8, 4) is 0 Å². The molecule has 25 heavy (non-hydrogen) atoms. The first-order valence-corrected chi connectivity index (χ1v) is 9.09. The van der Waals surface area contributed by atoms with E-state index in [0.717, 1.165) is 49.6 Å². The maximum Gasteiger partial charge on any atom is 0.226 e.